The van der Waals surface area contributed by atoms with Gasteiger partial charge in [-0.2, -0.15) is 0 Å². The molecule has 2 aromatic rings. The number of carbonyl (C=O) groups excluding carboxylic acids is 2. The fourth-order valence-electron chi connectivity index (χ4n) is 2.35. The number of benzene rings is 2. The van der Waals surface area contributed by atoms with E-state index < -0.39 is 6.10 Å². The van der Waals surface area contributed by atoms with Crippen LogP contribution in [-0.4, -0.2) is 17.8 Å². The van der Waals surface area contributed by atoms with Crippen LogP contribution in [0.4, 0.5) is 5.69 Å². The summed E-state index contributed by atoms with van der Waals surface area (Å²) < 4.78 is 5.91. The van der Waals surface area contributed by atoms with Gasteiger partial charge in [-0.3, -0.25) is 9.59 Å². The largest absolute Gasteiger partial charge is 0.480 e. The average molecular weight is 325 g/mol. The lowest BCUT2D eigenvalue weighted by molar-refractivity contribution is -0.122. The zero-order chi connectivity index (χ0) is 17.7. The summed E-state index contributed by atoms with van der Waals surface area (Å²) in [6.45, 7) is 7.34. The first-order valence-electron chi connectivity index (χ1n) is 8.06. The molecule has 2 rings (SSSR count). The molecule has 0 fully saturated rings. The van der Waals surface area contributed by atoms with E-state index in [1.54, 1.807) is 24.3 Å². The van der Waals surface area contributed by atoms with Gasteiger partial charge in [0.1, 0.15) is 5.75 Å². The van der Waals surface area contributed by atoms with Gasteiger partial charge >= 0.3 is 0 Å². The van der Waals surface area contributed by atoms with E-state index in [-0.39, 0.29) is 11.7 Å². The third kappa shape index (κ3) is 4.44. The quantitative estimate of drug-likeness (QED) is 0.806. The highest BCUT2D eigenvalue weighted by molar-refractivity contribution is 5.98. The van der Waals surface area contributed by atoms with Gasteiger partial charge in [-0.1, -0.05) is 31.2 Å². The van der Waals surface area contributed by atoms with Gasteiger partial charge in [-0.25, -0.2) is 0 Å². The van der Waals surface area contributed by atoms with E-state index in [0.29, 0.717) is 17.7 Å². The van der Waals surface area contributed by atoms with Crippen LogP contribution in [0.3, 0.4) is 0 Å². The van der Waals surface area contributed by atoms with Crippen molar-refractivity contribution in [3.05, 3.63) is 59.2 Å². The highest BCUT2D eigenvalue weighted by atomic mass is 16.5. The maximum atomic E-state index is 12.5. The molecule has 0 aromatic heterocycles. The van der Waals surface area contributed by atoms with Gasteiger partial charge in [0.15, 0.2) is 11.9 Å². The average Bonchev–Trinajstić information content (AvgIpc) is 2.55. The Hall–Kier alpha value is -2.62. The molecule has 24 heavy (non-hydrogen) atoms. The van der Waals surface area contributed by atoms with Crippen LogP contribution in [0.2, 0.25) is 0 Å². The van der Waals surface area contributed by atoms with Crippen molar-refractivity contribution in [1.29, 1.82) is 0 Å². The number of carbonyl (C=O) groups is 2. The lowest BCUT2D eigenvalue weighted by Gasteiger charge is -2.19. The van der Waals surface area contributed by atoms with E-state index in [1.807, 2.05) is 39.0 Å². The third-order valence-electron chi connectivity index (χ3n) is 3.81. The normalized spacial score (nSPS) is 11.7. The molecule has 4 heteroatoms. The molecule has 0 heterocycles. The summed E-state index contributed by atoms with van der Waals surface area (Å²) in [4.78, 5) is 24.0. The molecular formula is C20H23NO3. The van der Waals surface area contributed by atoms with Crippen LogP contribution in [0.15, 0.2) is 42.5 Å². The third-order valence-corrected chi connectivity index (χ3v) is 3.81. The molecule has 126 valence electrons. The number of aryl methyl sites for hydroxylation is 2. The Kier molecular flexibility index (Phi) is 5.74. The van der Waals surface area contributed by atoms with Crippen molar-refractivity contribution in [1.82, 2.24) is 0 Å². The highest BCUT2D eigenvalue weighted by Gasteiger charge is 2.19. The van der Waals surface area contributed by atoms with Crippen molar-refractivity contribution in [2.45, 2.75) is 40.2 Å². The number of rotatable bonds is 6. The Labute approximate surface area is 142 Å². The maximum Gasteiger partial charge on any atom is 0.265 e. The molecule has 0 aliphatic heterocycles. The molecule has 1 amide bonds. The Morgan fingerprint density at radius 1 is 1.12 bits per heavy atom. The van der Waals surface area contributed by atoms with Crippen molar-refractivity contribution in [2.75, 3.05) is 5.32 Å². The van der Waals surface area contributed by atoms with E-state index >= 15 is 0 Å². The highest BCUT2D eigenvalue weighted by Crippen LogP contribution is 2.22. The zero-order valence-electron chi connectivity index (χ0n) is 14.6. The van der Waals surface area contributed by atoms with Crippen LogP contribution < -0.4 is 10.1 Å². The van der Waals surface area contributed by atoms with E-state index in [4.69, 9.17) is 4.74 Å². The van der Waals surface area contributed by atoms with Gasteiger partial charge in [-0.15, -0.1) is 0 Å². The predicted octanol–water partition coefficient (Wildman–Crippen LogP) is 4.30. The molecule has 0 bridgehead atoms. The molecule has 0 radical (unpaired) electrons. The van der Waals surface area contributed by atoms with Gasteiger partial charge in [0, 0.05) is 11.3 Å². The van der Waals surface area contributed by atoms with E-state index in [2.05, 4.69) is 5.32 Å². The number of hydrogen-bond acceptors (Lipinski definition) is 3. The molecule has 0 saturated heterocycles. The molecule has 0 aliphatic carbocycles. The van der Waals surface area contributed by atoms with Crippen LogP contribution in [0.1, 0.15) is 41.8 Å². The second-order valence-corrected chi connectivity index (χ2v) is 5.91. The number of ketones is 1. The van der Waals surface area contributed by atoms with Gasteiger partial charge in [0.2, 0.25) is 0 Å². The van der Waals surface area contributed by atoms with Crippen LogP contribution in [0, 0.1) is 13.8 Å². The fraction of sp³-hybridized carbons (Fsp3) is 0.300. The number of nitrogens with one attached hydrogen (secondary N) is 1. The Morgan fingerprint density at radius 2 is 1.88 bits per heavy atom. The van der Waals surface area contributed by atoms with E-state index in [0.717, 1.165) is 16.9 Å². The summed E-state index contributed by atoms with van der Waals surface area (Å²) in [6.07, 6.45) is -0.0440. The molecule has 0 unspecified atom stereocenters. The lowest BCUT2D eigenvalue weighted by atomic mass is 10.1. The Bertz CT molecular complexity index is 752. The monoisotopic (exact) mass is 325 g/mol. The van der Waals surface area contributed by atoms with Crippen LogP contribution in [0.25, 0.3) is 0 Å². The minimum atomic E-state index is -0.591. The Balaban J connectivity index is 2.13. The second-order valence-electron chi connectivity index (χ2n) is 5.91. The molecule has 2 aromatic carbocycles. The first kappa shape index (κ1) is 17.7. The summed E-state index contributed by atoms with van der Waals surface area (Å²) in [5, 5.41) is 2.83. The van der Waals surface area contributed by atoms with Crippen molar-refractivity contribution in [3.8, 4) is 5.75 Å². The predicted molar refractivity (Wildman–Crippen MR) is 95.7 cm³/mol. The topological polar surface area (TPSA) is 55.4 Å². The number of Topliss-reactive ketones (excluding diaryl/α,β-unsaturated/α-hetero) is 1. The summed E-state index contributed by atoms with van der Waals surface area (Å²) in [7, 11) is 0. The number of ether oxygens (including phenoxy) is 1. The van der Waals surface area contributed by atoms with Crippen molar-refractivity contribution in [3.63, 3.8) is 0 Å². The summed E-state index contributed by atoms with van der Waals surface area (Å²) in [5.74, 6) is 0.457. The van der Waals surface area contributed by atoms with E-state index in [9.17, 15) is 9.59 Å². The minimum Gasteiger partial charge on any atom is -0.480 e. The van der Waals surface area contributed by atoms with Gasteiger partial charge < -0.3 is 10.1 Å². The van der Waals surface area contributed by atoms with Gasteiger partial charge in [-0.05, 0) is 56.5 Å². The Morgan fingerprint density at radius 3 is 2.54 bits per heavy atom. The standard InChI is InChI=1S/C20H23NO3/c1-5-18(24-19-11-13(2)9-10-14(19)3)20(23)21-17-8-6-7-16(12-17)15(4)22/h6-12,18H,5H2,1-4H3,(H,21,23)/t18-/m1/s1. The number of anilines is 1. The van der Waals surface area contributed by atoms with Crippen molar-refractivity contribution in [2.24, 2.45) is 0 Å². The summed E-state index contributed by atoms with van der Waals surface area (Å²) in [6, 6.07) is 12.8. The first-order chi connectivity index (χ1) is 11.4. The maximum absolute atomic E-state index is 12.5. The van der Waals surface area contributed by atoms with Gasteiger partial charge in [0.25, 0.3) is 5.91 Å². The zero-order valence-corrected chi connectivity index (χ0v) is 14.6. The van der Waals surface area contributed by atoms with Crippen molar-refractivity contribution >= 4 is 17.4 Å². The van der Waals surface area contributed by atoms with Crippen LogP contribution in [0.5, 0.6) is 5.75 Å². The number of amides is 1. The fourth-order valence-corrected chi connectivity index (χ4v) is 2.35. The molecular weight excluding hydrogens is 302 g/mol. The summed E-state index contributed by atoms with van der Waals surface area (Å²) >= 11 is 0. The van der Waals surface area contributed by atoms with Crippen LogP contribution >= 0.6 is 0 Å². The van der Waals surface area contributed by atoms with Crippen LogP contribution in [-0.2, 0) is 4.79 Å². The van der Waals surface area contributed by atoms with E-state index in [1.165, 1.54) is 6.92 Å². The SMILES string of the molecule is CC[C@@H](Oc1cc(C)ccc1C)C(=O)Nc1cccc(C(C)=O)c1. The molecule has 4 nitrogen and oxygen atoms in total. The first-order valence-corrected chi connectivity index (χ1v) is 8.06. The molecule has 1 atom stereocenters. The summed E-state index contributed by atoms with van der Waals surface area (Å²) in [5.41, 5.74) is 3.23. The molecule has 0 spiro atoms. The smallest absolute Gasteiger partial charge is 0.265 e. The second kappa shape index (κ2) is 7.77. The number of hydrogen-bond donors (Lipinski definition) is 1. The van der Waals surface area contributed by atoms with Crippen molar-refractivity contribution < 1.29 is 14.3 Å². The lowest BCUT2D eigenvalue weighted by Crippen LogP contribution is -2.32. The molecule has 1 N–H and O–H groups in total. The minimum absolute atomic E-state index is 0.0372. The molecule has 0 aliphatic rings. The molecule has 0 saturated carbocycles. The van der Waals surface area contributed by atoms with Gasteiger partial charge in [0.05, 0.1) is 0 Å².